The van der Waals surface area contributed by atoms with Gasteiger partial charge >= 0.3 is 0 Å². The molecule has 19 heavy (non-hydrogen) atoms. The van der Waals surface area contributed by atoms with Gasteiger partial charge in [-0.15, -0.1) is 0 Å². The lowest BCUT2D eigenvalue weighted by Crippen LogP contribution is -2.38. The van der Waals surface area contributed by atoms with Crippen molar-refractivity contribution in [2.75, 3.05) is 32.9 Å². The summed E-state index contributed by atoms with van der Waals surface area (Å²) in [7, 11) is 0. The van der Waals surface area contributed by atoms with Gasteiger partial charge in [0.05, 0.1) is 13.2 Å². The molecule has 0 atom stereocenters. The Labute approximate surface area is 111 Å². The average molecular weight is 270 g/mol. The molecule has 2 N–H and O–H groups in total. The maximum Gasteiger partial charge on any atom is 0.253 e. The van der Waals surface area contributed by atoms with E-state index < -0.39 is 0 Å². The number of aliphatic hydroxyl groups excluding tert-OH is 1. The molecule has 1 aliphatic rings. The fraction of sp³-hybridized carbons (Fsp3) is 0.583. The van der Waals surface area contributed by atoms with E-state index in [1.165, 1.54) is 12.2 Å². The maximum atomic E-state index is 11.4. The Morgan fingerprint density at radius 1 is 1.26 bits per heavy atom. The van der Waals surface area contributed by atoms with Crippen molar-refractivity contribution in [3.05, 3.63) is 12.2 Å². The Hall–Kier alpha value is -1.73. The van der Waals surface area contributed by atoms with Crippen LogP contribution in [0.1, 0.15) is 12.8 Å². The van der Waals surface area contributed by atoms with E-state index in [9.17, 15) is 14.4 Å². The van der Waals surface area contributed by atoms with Crippen LogP contribution in [0.15, 0.2) is 12.2 Å². The lowest BCUT2D eigenvalue weighted by atomic mass is 10.3. The molecule has 0 fully saturated rings. The van der Waals surface area contributed by atoms with Gasteiger partial charge in [0.15, 0.2) is 0 Å². The molecule has 0 aromatic rings. The number of rotatable bonds is 9. The first kappa shape index (κ1) is 15.3. The van der Waals surface area contributed by atoms with Crippen LogP contribution in [0.3, 0.4) is 0 Å². The minimum Gasteiger partial charge on any atom is -0.394 e. The summed E-state index contributed by atoms with van der Waals surface area (Å²) in [5.74, 6) is -0.854. The van der Waals surface area contributed by atoms with Gasteiger partial charge in [-0.05, 0) is 6.42 Å². The van der Waals surface area contributed by atoms with Crippen LogP contribution in [-0.4, -0.2) is 60.6 Å². The molecule has 0 aromatic carbocycles. The number of imide groups is 1. The van der Waals surface area contributed by atoms with E-state index in [-0.39, 0.29) is 44.0 Å². The molecule has 0 aromatic heterocycles. The Morgan fingerprint density at radius 3 is 2.58 bits per heavy atom. The highest BCUT2D eigenvalue weighted by Gasteiger charge is 2.22. The van der Waals surface area contributed by atoms with Gasteiger partial charge in [-0.1, -0.05) is 0 Å². The van der Waals surface area contributed by atoms with E-state index in [1.807, 2.05) is 0 Å². The van der Waals surface area contributed by atoms with Crippen molar-refractivity contribution >= 4 is 17.7 Å². The molecule has 1 aliphatic heterocycles. The van der Waals surface area contributed by atoms with Crippen LogP contribution in [0.2, 0.25) is 0 Å². The summed E-state index contributed by atoms with van der Waals surface area (Å²) in [4.78, 5) is 34.9. The first-order chi connectivity index (χ1) is 9.15. The Bertz CT molecular complexity index is 349. The molecule has 0 unspecified atom stereocenters. The molecule has 1 heterocycles. The summed E-state index contributed by atoms with van der Waals surface area (Å²) in [6, 6.07) is 0. The van der Waals surface area contributed by atoms with Crippen LogP contribution >= 0.6 is 0 Å². The minimum atomic E-state index is -0.350. The number of amides is 3. The number of carbonyl (C=O) groups is 3. The third-order valence-electron chi connectivity index (χ3n) is 2.49. The van der Waals surface area contributed by atoms with E-state index in [2.05, 4.69) is 5.32 Å². The van der Waals surface area contributed by atoms with Crippen molar-refractivity contribution in [1.29, 1.82) is 0 Å². The number of nitrogens with zero attached hydrogens (tertiary/aromatic N) is 1. The second-order valence-electron chi connectivity index (χ2n) is 3.95. The van der Waals surface area contributed by atoms with Crippen molar-refractivity contribution in [3.8, 4) is 0 Å². The summed E-state index contributed by atoms with van der Waals surface area (Å²) in [6.45, 7) is 1.08. The normalized spacial score (nSPS) is 14.3. The number of aliphatic hydroxyl groups is 1. The number of ether oxygens (including phenoxy) is 1. The zero-order valence-corrected chi connectivity index (χ0v) is 10.6. The van der Waals surface area contributed by atoms with Crippen molar-refractivity contribution in [3.63, 3.8) is 0 Å². The molecule has 0 bridgehead atoms. The van der Waals surface area contributed by atoms with Crippen LogP contribution in [0.5, 0.6) is 0 Å². The zero-order valence-electron chi connectivity index (χ0n) is 10.6. The highest BCUT2D eigenvalue weighted by Crippen LogP contribution is 2.01. The summed E-state index contributed by atoms with van der Waals surface area (Å²) in [5.41, 5.74) is 0. The van der Waals surface area contributed by atoms with Gasteiger partial charge < -0.3 is 15.2 Å². The van der Waals surface area contributed by atoms with E-state index >= 15 is 0 Å². The molecule has 0 aliphatic carbocycles. The first-order valence-electron chi connectivity index (χ1n) is 6.14. The lowest BCUT2D eigenvalue weighted by Gasteiger charge is -2.13. The lowest BCUT2D eigenvalue weighted by molar-refractivity contribution is -0.137. The molecular weight excluding hydrogens is 252 g/mol. The van der Waals surface area contributed by atoms with Gasteiger partial charge in [-0.3, -0.25) is 19.3 Å². The zero-order chi connectivity index (χ0) is 14.1. The second-order valence-corrected chi connectivity index (χ2v) is 3.95. The first-order valence-corrected chi connectivity index (χ1v) is 6.14. The van der Waals surface area contributed by atoms with E-state index in [0.717, 1.165) is 4.90 Å². The molecule has 0 spiro atoms. The number of carbonyl (C=O) groups excluding carboxylic acids is 3. The summed E-state index contributed by atoms with van der Waals surface area (Å²) in [5, 5.41) is 11.1. The van der Waals surface area contributed by atoms with Crippen molar-refractivity contribution in [2.45, 2.75) is 12.8 Å². The minimum absolute atomic E-state index is 0.0296. The van der Waals surface area contributed by atoms with E-state index in [4.69, 9.17) is 9.84 Å². The fourth-order valence-electron chi connectivity index (χ4n) is 1.55. The molecule has 7 nitrogen and oxygen atoms in total. The number of hydrogen-bond donors (Lipinski definition) is 2. The molecular formula is C12H18N2O5. The molecule has 1 rings (SSSR count). The molecule has 106 valence electrons. The third-order valence-corrected chi connectivity index (χ3v) is 2.49. The van der Waals surface area contributed by atoms with E-state index in [1.54, 1.807) is 0 Å². The van der Waals surface area contributed by atoms with Gasteiger partial charge in [-0.2, -0.15) is 0 Å². The van der Waals surface area contributed by atoms with Crippen LogP contribution in [0, 0.1) is 0 Å². The Morgan fingerprint density at radius 2 is 1.95 bits per heavy atom. The van der Waals surface area contributed by atoms with Crippen molar-refractivity contribution in [1.82, 2.24) is 10.2 Å². The Balaban J connectivity index is 2.04. The number of hydrogen-bond acceptors (Lipinski definition) is 5. The molecule has 3 amide bonds. The van der Waals surface area contributed by atoms with Crippen LogP contribution in [-0.2, 0) is 19.1 Å². The fourth-order valence-corrected chi connectivity index (χ4v) is 1.55. The van der Waals surface area contributed by atoms with Crippen LogP contribution < -0.4 is 5.32 Å². The van der Waals surface area contributed by atoms with Gasteiger partial charge in [0.25, 0.3) is 11.8 Å². The average Bonchev–Trinajstić information content (AvgIpc) is 2.70. The SMILES string of the molecule is O=C(CCCOCCO)NCCN1C(=O)C=CC1=O. The predicted octanol–water partition coefficient (Wildman–Crippen LogP) is -1.18. The number of nitrogens with one attached hydrogen (secondary N) is 1. The highest BCUT2D eigenvalue weighted by molar-refractivity contribution is 6.12. The summed E-state index contributed by atoms with van der Waals surface area (Å²) in [6.07, 6.45) is 3.30. The topological polar surface area (TPSA) is 95.9 Å². The molecule has 0 saturated carbocycles. The summed E-state index contributed by atoms with van der Waals surface area (Å²) < 4.78 is 5.01. The van der Waals surface area contributed by atoms with Gasteiger partial charge in [0.2, 0.25) is 5.91 Å². The molecule has 0 saturated heterocycles. The van der Waals surface area contributed by atoms with Gasteiger partial charge in [0.1, 0.15) is 0 Å². The second kappa shape index (κ2) is 8.39. The van der Waals surface area contributed by atoms with Crippen LogP contribution in [0.4, 0.5) is 0 Å². The molecule has 7 heteroatoms. The highest BCUT2D eigenvalue weighted by atomic mass is 16.5. The standard InChI is InChI=1S/C12H18N2O5/c15-7-9-19-8-1-2-10(16)13-5-6-14-11(17)3-4-12(14)18/h3-4,15H,1-2,5-9H2,(H,13,16). The predicted molar refractivity (Wildman–Crippen MR) is 66.0 cm³/mol. The maximum absolute atomic E-state index is 11.4. The largest absolute Gasteiger partial charge is 0.394 e. The molecule has 0 radical (unpaired) electrons. The van der Waals surface area contributed by atoms with E-state index in [0.29, 0.717) is 19.4 Å². The summed E-state index contributed by atoms with van der Waals surface area (Å²) >= 11 is 0. The Kier molecular flexibility index (Phi) is 6.76. The smallest absolute Gasteiger partial charge is 0.253 e. The monoisotopic (exact) mass is 270 g/mol. The third kappa shape index (κ3) is 5.62. The van der Waals surface area contributed by atoms with Crippen molar-refractivity contribution in [2.24, 2.45) is 0 Å². The van der Waals surface area contributed by atoms with Gasteiger partial charge in [-0.25, -0.2) is 0 Å². The van der Waals surface area contributed by atoms with Gasteiger partial charge in [0, 0.05) is 38.3 Å². The quantitative estimate of drug-likeness (QED) is 0.406. The van der Waals surface area contributed by atoms with Crippen molar-refractivity contribution < 1.29 is 24.2 Å². The van der Waals surface area contributed by atoms with Crippen LogP contribution in [0.25, 0.3) is 0 Å².